The quantitative estimate of drug-likeness (QED) is 0.795. The van der Waals surface area contributed by atoms with Crippen molar-refractivity contribution in [1.29, 1.82) is 0 Å². The van der Waals surface area contributed by atoms with Gasteiger partial charge in [0.2, 0.25) is 5.91 Å². The summed E-state index contributed by atoms with van der Waals surface area (Å²) in [6, 6.07) is 9.58. The first-order valence-electron chi connectivity index (χ1n) is 8.58. The number of aryl methyl sites for hydroxylation is 1. The number of likely N-dealkylation sites (tertiary alicyclic amines) is 1. The molecule has 0 saturated carbocycles. The molecule has 2 aromatic rings. The molecule has 0 unspecified atom stereocenters. The molecule has 1 aromatic heterocycles. The largest absolute Gasteiger partial charge is 0.341 e. The van der Waals surface area contributed by atoms with E-state index in [4.69, 9.17) is 16.6 Å². The van der Waals surface area contributed by atoms with Crippen LogP contribution in [0.2, 0.25) is 5.02 Å². The Labute approximate surface area is 153 Å². The molecule has 3 rings (SSSR count). The maximum atomic E-state index is 11.7. The first kappa shape index (κ1) is 17.8. The molecule has 2 heterocycles. The number of nitrogens with zero attached hydrogens (tertiary/aromatic N) is 4. The lowest BCUT2D eigenvalue weighted by atomic mass is 10.2. The minimum Gasteiger partial charge on any atom is -0.341 e. The second-order valence-corrected chi connectivity index (χ2v) is 6.99. The zero-order chi connectivity index (χ0) is 17.8. The van der Waals surface area contributed by atoms with Crippen LogP contribution in [-0.4, -0.2) is 52.4 Å². The van der Waals surface area contributed by atoms with Gasteiger partial charge < -0.3 is 4.90 Å². The minimum atomic E-state index is 0.274. The number of rotatable bonds is 6. The first-order valence-corrected chi connectivity index (χ1v) is 8.96. The van der Waals surface area contributed by atoms with E-state index in [2.05, 4.69) is 16.9 Å². The highest BCUT2D eigenvalue weighted by Gasteiger charge is 2.19. The maximum Gasteiger partial charge on any atom is 0.222 e. The monoisotopic (exact) mass is 358 g/mol. The number of aromatic nitrogens is 2. The lowest BCUT2D eigenvalue weighted by molar-refractivity contribution is -0.127. The average molecular weight is 359 g/mol. The molecule has 0 N–H and O–H groups in total. The van der Waals surface area contributed by atoms with Crippen molar-refractivity contribution in [1.82, 2.24) is 19.8 Å². The normalized spacial score (nSPS) is 14.6. The fraction of sp³-hybridized carbons (Fsp3) is 0.421. The Morgan fingerprint density at radius 2 is 2.00 bits per heavy atom. The second-order valence-electron chi connectivity index (χ2n) is 6.55. The van der Waals surface area contributed by atoms with Gasteiger partial charge in [0.1, 0.15) is 0 Å². The van der Waals surface area contributed by atoms with Crippen molar-refractivity contribution in [3.05, 3.63) is 46.7 Å². The van der Waals surface area contributed by atoms with Gasteiger partial charge in [-0.05, 0) is 50.7 Å². The van der Waals surface area contributed by atoms with E-state index in [-0.39, 0.29) is 5.91 Å². The number of carbonyl (C=O) groups excluding carboxylic acids is 1. The molecule has 5 nitrogen and oxygen atoms in total. The molecule has 1 amide bonds. The fourth-order valence-electron chi connectivity index (χ4n) is 3.03. The first-order chi connectivity index (χ1) is 12.0. The van der Waals surface area contributed by atoms with Crippen molar-refractivity contribution in [2.45, 2.75) is 26.3 Å². The van der Waals surface area contributed by atoms with Crippen molar-refractivity contribution < 1.29 is 4.79 Å². The molecule has 132 valence electrons. The van der Waals surface area contributed by atoms with Crippen molar-refractivity contribution in [3.8, 4) is 11.4 Å². The van der Waals surface area contributed by atoms with Crippen LogP contribution in [0.1, 0.15) is 24.2 Å². The number of halogens is 1. The van der Waals surface area contributed by atoms with Gasteiger partial charge in [-0.3, -0.25) is 9.69 Å². The van der Waals surface area contributed by atoms with Crippen LogP contribution < -0.4 is 0 Å². The van der Waals surface area contributed by atoms with Gasteiger partial charge in [-0.2, -0.15) is 0 Å². The lowest BCUT2D eigenvalue weighted by Crippen LogP contribution is -2.33. The lowest BCUT2D eigenvalue weighted by Gasteiger charge is -2.21. The Morgan fingerprint density at radius 1 is 1.24 bits per heavy atom. The summed E-state index contributed by atoms with van der Waals surface area (Å²) >= 11 is 5.95. The molecule has 0 atom stereocenters. The highest BCUT2D eigenvalue weighted by molar-refractivity contribution is 6.30. The zero-order valence-corrected chi connectivity index (χ0v) is 15.5. The molecule has 25 heavy (non-hydrogen) atoms. The van der Waals surface area contributed by atoms with Crippen LogP contribution in [0, 0.1) is 6.92 Å². The van der Waals surface area contributed by atoms with E-state index < -0.39 is 0 Å². The molecule has 1 saturated heterocycles. The molecule has 0 aliphatic carbocycles. The van der Waals surface area contributed by atoms with Gasteiger partial charge in [0.15, 0.2) is 5.82 Å². The van der Waals surface area contributed by atoms with E-state index >= 15 is 0 Å². The highest BCUT2D eigenvalue weighted by atomic mass is 35.5. The van der Waals surface area contributed by atoms with Crippen molar-refractivity contribution in [3.63, 3.8) is 0 Å². The number of benzene rings is 1. The second kappa shape index (κ2) is 7.93. The van der Waals surface area contributed by atoms with Crippen LogP contribution >= 0.6 is 11.6 Å². The molecule has 0 spiro atoms. The van der Waals surface area contributed by atoms with Crippen LogP contribution in [-0.2, 0) is 11.3 Å². The maximum absolute atomic E-state index is 11.7. The summed E-state index contributed by atoms with van der Waals surface area (Å²) < 4.78 is 0. The van der Waals surface area contributed by atoms with Crippen molar-refractivity contribution in [2.24, 2.45) is 0 Å². The topological polar surface area (TPSA) is 49.3 Å². The standard InChI is InChI=1S/C19H23ClN4O/c1-14-12-17(13-23(2)10-11-24-9-3-4-18(24)25)22-19(21-14)15-5-7-16(20)8-6-15/h5-8,12H,3-4,9-11,13H2,1-2H3. The average Bonchev–Trinajstić information content (AvgIpc) is 2.98. The number of hydrogen-bond donors (Lipinski definition) is 0. The van der Waals surface area contributed by atoms with Gasteiger partial charge in [-0.25, -0.2) is 9.97 Å². The third kappa shape index (κ3) is 4.77. The minimum absolute atomic E-state index is 0.274. The summed E-state index contributed by atoms with van der Waals surface area (Å²) in [5.41, 5.74) is 2.88. The highest BCUT2D eigenvalue weighted by Crippen LogP contribution is 2.19. The smallest absolute Gasteiger partial charge is 0.222 e. The van der Waals surface area contributed by atoms with E-state index in [9.17, 15) is 4.79 Å². The number of likely N-dealkylation sites (N-methyl/N-ethyl adjacent to an activating group) is 1. The van der Waals surface area contributed by atoms with Crippen LogP contribution in [0.3, 0.4) is 0 Å². The van der Waals surface area contributed by atoms with E-state index in [0.717, 1.165) is 55.4 Å². The summed E-state index contributed by atoms with van der Waals surface area (Å²) in [7, 11) is 2.06. The summed E-state index contributed by atoms with van der Waals surface area (Å²) in [4.78, 5) is 25.1. The molecule has 0 bridgehead atoms. The molecule has 1 aromatic carbocycles. The molecule has 1 fully saturated rings. The zero-order valence-electron chi connectivity index (χ0n) is 14.7. The number of carbonyl (C=O) groups is 1. The van der Waals surface area contributed by atoms with Crippen LogP contribution in [0.15, 0.2) is 30.3 Å². The Hall–Kier alpha value is -1.98. The molecule has 1 aliphatic heterocycles. The predicted molar refractivity (Wildman–Crippen MR) is 99.4 cm³/mol. The molecular weight excluding hydrogens is 336 g/mol. The van der Waals surface area contributed by atoms with Gasteiger partial charge in [-0.1, -0.05) is 11.6 Å². The summed E-state index contributed by atoms with van der Waals surface area (Å²) in [5.74, 6) is 0.992. The Balaban J connectivity index is 1.65. The molecule has 6 heteroatoms. The van der Waals surface area contributed by atoms with E-state index in [0.29, 0.717) is 11.4 Å². The molecular formula is C19H23ClN4O. The van der Waals surface area contributed by atoms with Gasteiger partial charge in [0.25, 0.3) is 0 Å². The number of amides is 1. The van der Waals surface area contributed by atoms with Crippen molar-refractivity contribution >= 4 is 17.5 Å². The SMILES string of the molecule is Cc1cc(CN(C)CCN2CCCC2=O)nc(-c2ccc(Cl)cc2)n1. The van der Waals surface area contributed by atoms with E-state index in [1.807, 2.05) is 42.2 Å². The summed E-state index contributed by atoms with van der Waals surface area (Å²) in [6.45, 7) is 5.22. The summed E-state index contributed by atoms with van der Waals surface area (Å²) in [6.07, 6.45) is 1.68. The molecule has 0 radical (unpaired) electrons. The fourth-order valence-corrected chi connectivity index (χ4v) is 3.16. The van der Waals surface area contributed by atoms with Gasteiger partial charge in [-0.15, -0.1) is 0 Å². The number of hydrogen-bond acceptors (Lipinski definition) is 4. The Bertz CT molecular complexity index is 748. The van der Waals surface area contributed by atoms with Crippen LogP contribution in [0.4, 0.5) is 0 Å². The van der Waals surface area contributed by atoms with Gasteiger partial charge in [0.05, 0.1) is 5.69 Å². The van der Waals surface area contributed by atoms with E-state index in [1.165, 1.54) is 0 Å². The van der Waals surface area contributed by atoms with E-state index in [1.54, 1.807) is 0 Å². The Morgan fingerprint density at radius 3 is 2.68 bits per heavy atom. The Kier molecular flexibility index (Phi) is 5.66. The predicted octanol–water partition coefficient (Wildman–Crippen LogP) is 3.16. The molecule has 1 aliphatic rings. The third-order valence-electron chi connectivity index (χ3n) is 4.36. The third-order valence-corrected chi connectivity index (χ3v) is 4.62. The van der Waals surface area contributed by atoms with Gasteiger partial charge >= 0.3 is 0 Å². The van der Waals surface area contributed by atoms with Crippen LogP contribution in [0.25, 0.3) is 11.4 Å². The van der Waals surface area contributed by atoms with Gasteiger partial charge in [0, 0.05) is 48.9 Å². The van der Waals surface area contributed by atoms with Crippen molar-refractivity contribution in [2.75, 3.05) is 26.7 Å². The van der Waals surface area contributed by atoms with Crippen LogP contribution in [0.5, 0.6) is 0 Å². The summed E-state index contributed by atoms with van der Waals surface area (Å²) in [5, 5.41) is 0.702.